The van der Waals surface area contributed by atoms with E-state index in [0.29, 0.717) is 5.75 Å². The monoisotopic (exact) mass is 169 g/mol. The summed E-state index contributed by atoms with van der Waals surface area (Å²) in [5.74, 6) is 0.405. The van der Waals surface area contributed by atoms with Gasteiger partial charge in [0.1, 0.15) is 5.75 Å². The van der Waals surface area contributed by atoms with Crippen LogP contribution >= 0.6 is 0 Å². The molecule has 1 aromatic rings. The topological polar surface area (TPSA) is 60.8 Å². The highest BCUT2D eigenvalue weighted by Gasteiger charge is 2.18. The molecule has 0 unspecified atom stereocenters. The minimum atomic E-state index is -1.43. The quantitative estimate of drug-likeness (QED) is 0.391. The van der Waals surface area contributed by atoms with E-state index in [9.17, 15) is 0 Å². The number of rotatable bonds is 4. The van der Waals surface area contributed by atoms with Gasteiger partial charge in [0.15, 0.2) is 0 Å². The largest absolute Gasteiger partial charge is 0.739 e. The van der Waals surface area contributed by atoms with Crippen LogP contribution in [0, 0.1) is 0 Å². The van der Waals surface area contributed by atoms with E-state index in [2.05, 4.69) is 14.7 Å². The van der Waals surface area contributed by atoms with E-state index in [1.54, 1.807) is 18.3 Å². The first kappa shape index (κ1) is 8.99. The molecule has 64 valence electrons. The third kappa shape index (κ3) is 2.87. The summed E-state index contributed by atoms with van der Waals surface area (Å²) >= 11 is 0. The second-order valence-corrected chi connectivity index (χ2v) is 1.88. The lowest BCUT2D eigenvalue weighted by Gasteiger charge is -2.05. The van der Waals surface area contributed by atoms with Gasteiger partial charge in [-0.05, 0) is 12.1 Å². The van der Waals surface area contributed by atoms with Crippen LogP contribution in [0.15, 0.2) is 24.5 Å². The maximum absolute atomic E-state index is 8.91. The van der Waals surface area contributed by atoms with Gasteiger partial charge in [-0.15, -0.1) is 0 Å². The van der Waals surface area contributed by atoms with Crippen molar-refractivity contribution in [3.05, 3.63) is 24.5 Å². The molecule has 0 aromatic carbocycles. The first-order valence-corrected chi connectivity index (χ1v) is 3.27. The van der Waals surface area contributed by atoms with Crippen LogP contribution in [0.5, 0.6) is 5.75 Å². The van der Waals surface area contributed by atoms with Gasteiger partial charge in [0.2, 0.25) is 0 Å². The van der Waals surface area contributed by atoms with E-state index in [0.717, 1.165) is 0 Å². The summed E-state index contributed by atoms with van der Waals surface area (Å²) in [6.45, 7) is 0. The molecule has 0 bridgehead atoms. The van der Waals surface area contributed by atoms with Crippen molar-refractivity contribution in [2.45, 2.75) is 0 Å². The molecule has 0 amide bonds. The Morgan fingerprint density at radius 1 is 1.58 bits per heavy atom. The normalized spacial score (nSPS) is 9.50. The highest BCUT2D eigenvalue weighted by Crippen LogP contribution is 2.06. The third-order valence-electron chi connectivity index (χ3n) is 1.05. The lowest BCUT2D eigenvalue weighted by molar-refractivity contribution is -0.207. The Bertz CT molecular complexity index is 220. The molecule has 6 heteroatoms. The lowest BCUT2D eigenvalue weighted by atomic mass is 10.2. The van der Waals surface area contributed by atoms with Gasteiger partial charge in [-0.25, -0.2) is 9.69 Å². The van der Waals surface area contributed by atoms with E-state index in [1.165, 1.54) is 13.3 Å². The van der Waals surface area contributed by atoms with Crippen molar-refractivity contribution in [1.82, 2.24) is 4.98 Å². The third-order valence-corrected chi connectivity index (χ3v) is 1.05. The van der Waals surface area contributed by atoms with Crippen LogP contribution in [0.3, 0.4) is 0 Å². The molecule has 12 heavy (non-hydrogen) atoms. The number of pyridine rings is 1. The molecule has 1 N–H and O–H groups in total. The van der Waals surface area contributed by atoms with Gasteiger partial charge in [0, 0.05) is 6.20 Å². The second-order valence-electron chi connectivity index (χ2n) is 1.88. The van der Waals surface area contributed by atoms with Gasteiger partial charge in [0.05, 0.1) is 13.3 Å². The van der Waals surface area contributed by atoms with Crippen molar-refractivity contribution in [3.8, 4) is 5.75 Å². The van der Waals surface area contributed by atoms with Crippen LogP contribution in [-0.4, -0.2) is 24.4 Å². The number of hydrogen-bond donors (Lipinski definition) is 1. The van der Waals surface area contributed by atoms with Gasteiger partial charge in [0.25, 0.3) is 0 Å². The van der Waals surface area contributed by atoms with Crippen molar-refractivity contribution in [2.75, 3.05) is 7.11 Å². The molecule has 0 radical (unpaired) electrons. The van der Waals surface area contributed by atoms with E-state index >= 15 is 0 Å². The fraction of sp³-hybridized carbons (Fsp3) is 0.167. The summed E-state index contributed by atoms with van der Waals surface area (Å²) in [5, 5.41) is 8.91. The Hall–Kier alpha value is -1.11. The Balaban J connectivity index is 2.41. The van der Waals surface area contributed by atoms with E-state index in [4.69, 9.17) is 9.68 Å². The summed E-state index contributed by atoms with van der Waals surface area (Å²) in [4.78, 5) is 12.2. The maximum atomic E-state index is 8.91. The Morgan fingerprint density at radius 3 is 3.00 bits per heavy atom. The zero-order chi connectivity index (χ0) is 8.81. The predicted molar refractivity (Wildman–Crippen MR) is 40.9 cm³/mol. The highest BCUT2D eigenvalue weighted by atomic mass is 17.2. The maximum Gasteiger partial charge on any atom is 0.739 e. The van der Waals surface area contributed by atoms with Crippen molar-refractivity contribution >= 4 is 7.32 Å². The molecule has 1 aromatic heterocycles. The van der Waals surface area contributed by atoms with Crippen molar-refractivity contribution < 1.29 is 19.4 Å². The molecule has 1 rings (SSSR count). The van der Waals surface area contributed by atoms with Gasteiger partial charge in [-0.1, -0.05) is 0 Å². The van der Waals surface area contributed by atoms with Crippen molar-refractivity contribution in [3.63, 3.8) is 0 Å². The molecular formula is C6H8BNO4. The Morgan fingerprint density at radius 2 is 2.42 bits per heavy atom. The van der Waals surface area contributed by atoms with Crippen LogP contribution in [0.2, 0.25) is 0 Å². The van der Waals surface area contributed by atoms with Crippen LogP contribution in [0.25, 0.3) is 0 Å². The lowest BCUT2D eigenvalue weighted by Crippen LogP contribution is -2.25. The van der Waals surface area contributed by atoms with E-state index in [-0.39, 0.29) is 0 Å². The number of aromatic nitrogens is 1. The molecule has 0 aliphatic rings. The van der Waals surface area contributed by atoms with Crippen LogP contribution in [0.4, 0.5) is 0 Å². The zero-order valence-electron chi connectivity index (χ0n) is 6.51. The Labute approximate surface area is 70.0 Å². The average molecular weight is 169 g/mol. The first-order valence-electron chi connectivity index (χ1n) is 3.27. The summed E-state index contributed by atoms with van der Waals surface area (Å²) in [6, 6.07) is 3.31. The molecular weight excluding hydrogens is 161 g/mol. The van der Waals surface area contributed by atoms with Crippen LogP contribution < -0.4 is 4.65 Å². The molecule has 0 saturated carbocycles. The molecule has 0 saturated heterocycles. The molecule has 1 heterocycles. The number of hydrogen-bond acceptors (Lipinski definition) is 5. The second kappa shape index (κ2) is 4.71. The summed E-state index contributed by atoms with van der Waals surface area (Å²) in [5.41, 5.74) is 0. The molecule has 0 atom stereocenters. The summed E-state index contributed by atoms with van der Waals surface area (Å²) in [6.07, 6.45) is 3.04. The predicted octanol–water partition coefficient (Wildman–Crippen LogP) is 0.0156. The van der Waals surface area contributed by atoms with Gasteiger partial charge in [-0.3, -0.25) is 4.98 Å². The minimum Gasteiger partial charge on any atom is -0.509 e. The summed E-state index contributed by atoms with van der Waals surface area (Å²) < 4.78 is 4.80. The fourth-order valence-electron chi connectivity index (χ4n) is 0.635. The van der Waals surface area contributed by atoms with Gasteiger partial charge >= 0.3 is 7.32 Å². The van der Waals surface area contributed by atoms with E-state index in [1.807, 2.05) is 0 Å². The van der Waals surface area contributed by atoms with Gasteiger partial charge < -0.3 is 9.68 Å². The van der Waals surface area contributed by atoms with E-state index < -0.39 is 7.32 Å². The average Bonchev–Trinajstić information content (AvgIpc) is 2.06. The molecule has 0 aliphatic carbocycles. The molecule has 5 nitrogen and oxygen atoms in total. The smallest absolute Gasteiger partial charge is 0.509 e. The minimum absolute atomic E-state index is 0.405. The van der Waals surface area contributed by atoms with Gasteiger partial charge in [-0.2, -0.15) is 0 Å². The Kier molecular flexibility index (Phi) is 3.53. The first-order chi connectivity index (χ1) is 5.83. The molecule has 0 aliphatic heterocycles. The standard InChI is InChI=1S/C6H8BNO4/c1-10-12-7(9)11-6-3-2-4-8-5-6/h2-5,9H,1H3. The highest BCUT2D eigenvalue weighted by molar-refractivity contribution is 6.35. The van der Waals surface area contributed by atoms with Crippen molar-refractivity contribution in [1.29, 1.82) is 0 Å². The SMILES string of the molecule is COOB(O)Oc1cccnc1. The van der Waals surface area contributed by atoms with Crippen LogP contribution in [0.1, 0.15) is 0 Å². The van der Waals surface area contributed by atoms with Crippen LogP contribution in [-0.2, 0) is 9.69 Å². The summed E-state index contributed by atoms with van der Waals surface area (Å²) in [7, 11) is -0.158. The fourth-order valence-corrected chi connectivity index (χ4v) is 0.635. The number of nitrogens with zero attached hydrogens (tertiary/aromatic N) is 1. The van der Waals surface area contributed by atoms with Crippen molar-refractivity contribution in [2.24, 2.45) is 0 Å². The molecule has 0 spiro atoms. The zero-order valence-corrected chi connectivity index (χ0v) is 6.51. The molecule has 0 fully saturated rings.